The molecule has 2 atom stereocenters. The van der Waals surface area contributed by atoms with Crippen LogP contribution in [0.5, 0.6) is 0 Å². The molecule has 0 rings (SSSR count). The second-order valence-corrected chi connectivity index (χ2v) is 30.2. The molecule has 0 bridgehead atoms. The lowest BCUT2D eigenvalue weighted by Crippen LogP contribution is -2.45. The number of aliphatic hydroxyl groups is 2. The molecule has 6 nitrogen and oxygen atoms in total. The molecule has 0 aromatic heterocycles. The van der Waals surface area contributed by atoms with Crippen molar-refractivity contribution in [3.05, 3.63) is 12.2 Å². The lowest BCUT2D eigenvalue weighted by Gasteiger charge is -2.22. The van der Waals surface area contributed by atoms with E-state index in [1.807, 2.05) is 0 Å². The Morgan fingerprint density at radius 1 is 0.290 bits per heavy atom. The standard InChI is InChI=1S/C87H171NO5/c1-3-5-7-9-11-13-15-17-19-21-23-24-25-37-40-44-47-51-55-59-63-67-71-75-79-85(90)84(83-89)88-86(91)80-76-72-68-64-60-56-52-48-45-41-38-35-33-31-29-27-26-28-30-32-34-36-39-42-46-50-54-58-62-66-70-74-78-82-93-87(92)81-77-73-69-65-61-57-53-49-43-22-20-18-16-14-12-10-8-6-4-2/h18,20,84-85,89-90H,3-17,19,21-83H2,1-2H3,(H,88,91)/b20-18-. The fourth-order valence-corrected chi connectivity index (χ4v) is 14.2. The second-order valence-electron chi connectivity index (χ2n) is 30.2. The van der Waals surface area contributed by atoms with Gasteiger partial charge < -0.3 is 20.3 Å². The first-order valence-electron chi connectivity index (χ1n) is 43.4. The number of carbonyl (C=O) groups excluding carboxylic acids is 2. The van der Waals surface area contributed by atoms with Crippen molar-refractivity contribution in [1.82, 2.24) is 5.32 Å². The molecule has 6 heteroatoms. The van der Waals surface area contributed by atoms with Crippen molar-refractivity contribution in [1.29, 1.82) is 0 Å². The highest BCUT2D eigenvalue weighted by atomic mass is 16.5. The van der Waals surface area contributed by atoms with Crippen molar-refractivity contribution in [3.8, 4) is 0 Å². The van der Waals surface area contributed by atoms with Crippen LogP contribution in [0.2, 0.25) is 0 Å². The van der Waals surface area contributed by atoms with Crippen molar-refractivity contribution in [2.75, 3.05) is 13.2 Å². The Hall–Kier alpha value is -1.40. The quantitative estimate of drug-likeness (QED) is 0.0320. The van der Waals surface area contributed by atoms with Gasteiger partial charge in [0.2, 0.25) is 5.91 Å². The summed E-state index contributed by atoms with van der Waals surface area (Å²) in [5, 5.41) is 23.5. The third-order valence-corrected chi connectivity index (χ3v) is 20.8. The van der Waals surface area contributed by atoms with Crippen molar-refractivity contribution in [2.24, 2.45) is 0 Å². The molecule has 1 amide bonds. The second kappa shape index (κ2) is 83.0. The normalized spacial score (nSPS) is 12.4. The number of hydrogen-bond donors (Lipinski definition) is 3. The molecule has 0 aromatic rings. The van der Waals surface area contributed by atoms with E-state index in [0.29, 0.717) is 25.9 Å². The van der Waals surface area contributed by atoms with E-state index in [2.05, 4.69) is 31.3 Å². The van der Waals surface area contributed by atoms with Crippen LogP contribution in [0.15, 0.2) is 12.2 Å². The molecule has 0 spiro atoms. The van der Waals surface area contributed by atoms with Gasteiger partial charge in [0.05, 0.1) is 25.4 Å². The minimum atomic E-state index is -0.662. The summed E-state index contributed by atoms with van der Waals surface area (Å²) in [7, 11) is 0. The summed E-state index contributed by atoms with van der Waals surface area (Å²) >= 11 is 0. The Kier molecular flexibility index (Phi) is 81.8. The van der Waals surface area contributed by atoms with Crippen LogP contribution >= 0.6 is 0 Å². The molecule has 0 heterocycles. The van der Waals surface area contributed by atoms with E-state index in [1.54, 1.807) is 0 Å². The van der Waals surface area contributed by atoms with Gasteiger partial charge in [0.25, 0.3) is 0 Å². The summed E-state index contributed by atoms with van der Waals surface area (Å²) in [5.41, 5.74) is 0. The number of ether oxygens (including phenoxy) is 1. The Morgan fingerprint density at radius 3 is 0.763 bits per heavy atom. The average Bonchev–Trinajstić information content (AvgIpc) is 3.78. The van der Waals surface area contributed by atoms with Crippen LogP contribution in [-0.4, -0.2) is 47.4 Å². The van der Waals surface area contributed by atoms with Crippen molar-refractivity contribution >= 4 is 11.9 Å². The zero-order valence-corrected chi connectivity index (χ0v) is 63.8. The van der Waals surface area contributed by atoms with Crippen molar-refractivity contribution < 1.29 is 24.5 Å². The fraction of sp³-hybridized carbons (Fsp3) is 0.954. The van der Waals surface area contributed by atoms with Gasteiger partial charge in [0.15, 0.2) is 0 Å². The van der Waals surface area contributed by atoms with Gasteiger partial charge in [0, 0.05) is 12.8 Å². The van der Waals surface area contributed by atoms with E-state index in [4.69, 9.17) is 4.74 Å². The summed E-state index contributed by atoms with van der Waals surface area (Å²) < 4.78 is 5.52. The molecular formula is C87H171NO5. The third-order valence-electron chi connectivity index (χ3n) is 20.8. The maximum atomic E-state index is 12.6. The number of rotatable bonds is 83. The molecule has 0 saturated heterocycles. The van der Waals surface area contributed by atoms with Gasteiger partial charge >= 0.3 is 5.97 Å². The number of unbranched alkanes of at least 4 members (excludes halogenated alkanes) is 70. The predicted molar refractivity (Wildman–Crippen MR) is 412 cm³/mol. The van der Waals surface area contributed by atoms with E-state index < -0.39 is 12.1 Å². The molecule has 554 valence electrons. The maximum absolute atomic E-state index is 12.6. The number of amides is 1. The monoisotopic (exact) mass is 1310 g/mol. The highest BCUT2D eigenvalue weighted by Gasteiger charge is 2.20. The van der Waals surface area contributed by atoms with Crippen LogP contribution in [0, 0.1) is 0 Å². The first-order chi connectivity index (χ1) is 46.0. The Morgan fingerprint density at radius 2 is 0.505 bits per heavy atom. The summed E-state index contributed by atoms with van der Waals surface area (Å²) in [6.07, 6.45) is 106. The van der Waals surface area contributed by atoms with Gasteiger partial charge in [-0.3, -0.25) is 9.59 Å². The number of aliphatic hydroxyl groups excluding tert-OH is 2. The smallest absolute Gasteiger partial charge is 0.305 e. The Bertz CT molecular complexity index is 1420. The Labute approximate surface area is 584 Å². The van der Waals surface area contributed by atoms with E-state index >= 15 is 0 Å². The highest BCUT2D eigenvalue weighted by molar-refractivity contribution is 5.76. The van der Waals surface area contributed by atoms with E-state index in [1.165, 1.54) is 437 Å². The summed E-state index contributed by atoms with van der Waals surface area (Å²) in [5.74, 6) is -0.000551. The molecule has 0 radical (unpaired) electrons. The number of hydrogen-bond acceptors (Lipinski definition) is 5. The largest absolute Gasteiger partial charge is 0.466 e. The van der Waals surface area contributed by atoms with E-state index in [-0.39, 0.29) is 18.5 Å². The number of allylic oxidation sites excluding steroid dienone is 2. The van der Waals surface area contributed by atoms with Crippen LogP contribution in [0.1, 0.15) is 508 Å². The van der Waals surface area contributed by atoms with Gasteiger partial charge in [0.1, 0.15) is 0 Å². The van der Waals surface area contributed by atoms with Gasteiger partial charge in [-0.1, -0.05) is 456 Å². The van der Waals surface area contributed by atoms with Gasteiger partial charge in [-0.05, 0) is 51.4 Å². The lowest BCUT2D eigenvalue weighted by molar-refractivity contribution is -0.143. The Balaban J connectivity index is 3.31. The van der Waals surface area contributed by atoms with Crippen molar-refractivity contribution in [2.45, 2.75) is 520 Å². The lowest BCUT2D eigenvalue weighted by atomic mass is 10.0. The first-order valence-corrected chi connectivity index (χ1v) is 43.4. The molecule has 0 fully saturated rings. The fourth-order valence-electron chi connectivity index (χ4n) is 14.2. The molecule has 3 N–H and O–H groups in total. The minimum Gasteiger partial charge on any atom is -0.466 e. The van der Waals surface area contributed by atoms with Gasteiger partial charge in [-0.15, -0.1) is 0 Å². The maximum Gasteiger partial charge on any atom is 0.305 e. The summed E-state index contributed by atoms with van der Waals surface area (Å²) in [6, 6.07) is -0.539. The summed E-state index contributed by atoms with van der Waals surface area (Å²) in [4.78, 5) is 24.7. The van der Waals surface area contributed by atoms with Gasteiger partial charge in [-0.2, -0.15) is 0 Å². The molecule has 0 saturated carbocycles. The molecule has 0 aromatic carbocycles. The number of esters is 1. The van der Waals surface area contributed by atoms with Crippen LogP contribution < -0.4 is 5.32 Å². The highest BCUT2D eigenvalue weighted by Crippen LogP contribution is 2.21. The first kappa shape index (κ1) is 91.6. The molecule has 93 heavy (non-hydrogen) atoms. The van der Waals surface area contributed by atoms with Crippen LogP contribution in [-0.2, 0) is 14.3 Å². The van der Waals surface area contributed by atoms with E-state index in [9.17, 15) is 19.8 Å². The van der Waals surface area contributed by atoms with Crippen LogP contribution in [0.25, 0.3) is 0 Å². The average molecular weight is 1310 g/mol. The predicted octanol–water partition coefficient (Wildman–Crippen LogP) is 29.0. The molecule has 0 aliphatic rings. The zero-order chi connectivity index (χ0) is 67.0. The third kappa shape index (κ3) is 79.5. The number of carbonyl (C=O) groups is 2. The number of nitrogens with one attached hydrogen (secondary N) is 1. The minimum absolute atomic E-state index is 0.0229. The molecular weight excluding hydrogens is 1140 g/mol. The van der Waals surface area contributed by atoms with Gasteiger partial charge in [-0.25, -0.2) is 0 Å². The SMILES string of the molecule is CCCCCCCC/C=C\CCCCCCCCCCCC(=O)OCCCCCCCCCCCCCCCCCCCCCCCCCCCCCCCCCCCC(=O)NC(CO)C(O)CCCCCCCCCCCCCCCCCCCCCCCCCC. The van der Waals surface area contributed by atoms with E-state index in [0.717, 1.165) is 38.5 Å². The molecule has 2 unspecified atom stereocenters. The van der Waals surface area contributed by atoms with Crippen molar-refractivity contribution in [3.63, 3.8) is 0 Å². The zero-order valence-electron chi connectivity index (χ0n) is 63.8. The molecule has 0 aliphatic carbocycles. The van der Waals surface area contributed by atoms with Crippen LogP contribution in [0.3, 0.4) is 0 Å². The molecule has 0 aliphatic heterocycles. The topological polar surface area (TPSA) is 95.9 Å². The summed E-state index contributed by atoms with van der Waals surface area (Å²) in [6.45, 7) is 5.02. The van der Waals surface area contributed by atoms with Crippen LogP contribution in [0.4, 0.5) is 0 Å².